The Morgan fingerprint density at radius 2 is 1.40 bits per heavy atom. The summed E-state index contributed by atoms with van der Waals surface area (Å²) in [5, 5.41) is 21.4. The minimum atomic E-state index is -5.84. The fraction of sp³-hybridized carbons (Fsp3) is 0.448. The molecule has 0 aliphatic carbocycles. The number of amides is 3. The third kappa shape index (κ3) is 11.5. The first-order chi connectivity index (χ1) is 24.2. The second kappa shape index (κ2) is 17.5. The van der Waals surface area contributed by atoms with Crippen LogP contribution in [-0.2, 0) is 37.6 Å². The van der Waals surface area contributed by atoms with Crippen molar-refractivity contribution in [3.05, 3.63) is 79.9 Å². The van der Waals surface area contributed by atoms with E-state index in [4.69, 9.17) is 22.4 Å². The number of hydrogen-bond acceptors (Lipinski definition) is 12. The molecule has 3 atom stereocenters. The molecule has 2 aliphatic heterocycles. The highest BCUT2D eigenvalue weighted by Gasteiger charge is 2.44. The van der Waals surface area contributed by atoms with Gasteiger partial charge in [-0.2, -0.15) is 39.2 Å². The number of carbonyl (C=O) groups excluding carboxylic acids is 3. The second-order valence-electron chi connectivity index (χ2n) is 11.4. The van der Waals surface area contributed by atoms with Gasteiger partial charge in [0.15, 0.2) is 0 Å². The van der Waals surface area contributed by atoms with Crippen molar-refractivity contribution in [3.8, 4) is 0 Å². The van der Waals surface area contributed by atoms with Crippen LogP contribution in [0.25, 0.3) is 0 Å². The van der Waals surface area contributed by atoms with Gasteiger partial charge in [0.25, 0.3) is 11.4 Å². The zero-order chi connectivity index (χ0) is 39.0. The fourth-order valence-corrected chi connectivity index (χ4v) is 5.50. The number of thiol groups is 1. The fourth-order valence-electron chi connectivity index (χ4n) is 5.13. The molecule has 2 heterocycles. The SMILES string of the molecule is CC(=NC(=O)OCc1ccc([N+](=O)[O-])cc1)N1CCN(C(=O)[C@@H]2C[C@H](S)CN2C(=O)OCc2ccc([N+](=O)[O-])cc2)C[C@@H]1C.O=S(=O)(O)C(F)(F)F. The van der Waals surface area contributed by atoms with Crippen LogP contribution in [0.3, 0.4) is 0 Å². The molecule has 0 unspecified atom stereocenters. The number of piperazine rings is 1. The molecule has 3 amide bonds. The number of halogens is 3. The van der Waals surface area contributed by atoms with E-state index >= 15 is 0 Å². The molecule has 0 radical (unpaired) electrons. The number of nitrogens with zero attached hydrogens (tertiary/aromatic N) is 6. The van der Waals surface area contributed by atoms with E-state index in [-0.39, 0.29) is 48.3 Å². The lowest BCUT2D eigenvalue weighted by atomic mass is 10.1. The molecule has 52 heavy (non-hydrogen) atoms. The lowest BCUT2D eigenvalue weighted by Gasteiger charge is -2.42. The molecule has 0 saturated carbocycles. The van der Waals surface area contributed by atoms with Crippen LogP contribution in [0.5, 0.6) is 0 Å². The highest BCUT2D eigenvalue weighted by atomic mass is 32.2. The van der Waals surface area contributed by atoms with E-state index in [0.29, 0.717) is 43.0 Å². The van der Waals surface area contributed by atoms with Crippen LogP contribution in [0, 0.1) is 20.2 Å². The van der Waals surface area contributed by atoms with Crippen LogP contribution in [0.2, 0.25) is 0 Å². The van der Waals surface area contributed by atoms with Crippen molar-refractivity contribution in [1.29, 1.82) is 0 Å². The molecular formula is C29H33F3N6O12S2. The van der Waals surface area contributed by atoms with Crippen molar-refractivity contribution in [1.82, 2.24) is 14.7 Å². The van der Waals surface area contributed by atoms with Crippen molar-refractivity contribution in [2.75, 3.05) is 26.2 Å². The van der Waals surface area contributed by atoms with Gasteiger partial charge < -0.3 is 19.3 Å². The molecule has 2 fully saturated rings. The van der Waals surface area contributed by atoms with Crippen molar-refractivity contribution in [2.45, 2.75) is 56.3 Å². The Balaban J connectivity index is 0.000000815. The molecule has 2 aromatic carbocycles. The largest absolute Gasteiger partial charge is 0.522 e. The van der Waals surface area contributed by atoms with E-state index in [1.807, 2.05) is 11.8 Å². The molecule has 23 heteroatoms. The lowest BCUT2D eigenvalue weighted by molar-refractivity contribution is -0.385. The monoisotopic (exact) mass is 778 g/mol. The van der Waals surface area contributed by atoms with Crippen LogP contribution < -0.4 is 0 Å². The van der Waals surface area contributed by atoms with E-state index in [2.05, 4.69) is 17.6 Å². The molecule has 18 nitrogen and oxygen atoms in total. The van der Waals surface area contributed by atoms with Gasteiger partial charge in [-0.3, -0.25) is 34.5 Å². The van der Waals surface area contributed by atoms with Crippen LogP contribution >= 0.6 is 12.6 Å². The van der Waals surface area contributed by atoms with Crippen molar-refractivity contribution >= 4 is 58.1 Å². The molecule has 0 bridgehead atoms. The maximum absolute atomic E-state index is 13.5. The van der Waals surface area contributed by atoms with Gasteiger partial charge >= 0.3 is 27.8 Å². The topological polar surface area (TPSA) is 232 Å². The summed E-state index contributed by atoms with van der Waals surface area (Å²) in [5.41, 5.74) is -4.51. The Kier molecular flexibility index (Phi) is 13.9. The van der Waals surface area contributed by atoms with E-state index in [0.717, 1.165) is 0 Å². The number of nitro groups is 2. The minimum Gasteiger partial charge on any atom is -0.445 e. The lowest BCUT2D eigenvalue weighted by Crippen LogP contribution is -2.58. The number of non-ortho nitro benzene ring substituents is 2. The molecule has 2 aliphatic rings. The van der Waals surface area contributed by atoms with Gasteiger partial charge in [0, 0.05) is 61.7 Å². The summed E-state index contributed by atoms with van der Waals surface area (Å²) in [6, 6.07) is 10.4. The average molecular weight is 779 g/mol. The Morgan fingerprint density at radius 1 is 0.923 bits per heavy atom. The zero-order valence-corrected chi connectivity index (χ0v) is 29.1. The van der Waals surface area contributed by atoms with E-state index in [1.54, 1.807) is 11.8 Å². The van der Waals surface area contributed by atoms with Crippen LogP contribution in [0.1, 0.15) is 31.4 Å². The molecule has 4 rings (SSSR count). The number of amidine groups is 1. The number of likely N-dealkylation sites (tertiary alicyclic amines) is 1. The van der Waals surface area contributed by atoms with Gasteiger partial charge in [-0.25, -0.2) is 9.59 Å². The van der Waals surface area contributed by atoms with Gasteiger partial charge in [0.2, 0.25) is 5.91 Å². The molecule has 0 spiro atoms. The summed E-state index contributed by atoms with van der Waals surface area (Å²) in [6.07, 6.45) is -1.11. The standard InChI is InChI=1S/C28H32N6O9S.CHF3O3S/c1-18-14-30(11-12-31(18)19(2)29-27(36)42-16-20-3-7-22(8-4-20)33(38)39)26(35)25-13-24(44)15-32(25)28(37)43-17-21-5-9-23(10-6-21)34(40)41;2-1(3,4)8(5,6)7/h3-10,18,24-25,44H,11-17H2,1-2H3;(H,5,6,7)/t18-,24-,25-;/m0./s1. The maximum Gasteiger partial charge on any atom is 0.522 e. The van der Waals surface area contributed by atoms with Crippen molar-refractivity contribution in [3.63, 3.8) is 0 Å². The Hall–Kier alpha value is -5.03. The maximum atomic E-state index is 13.5. The molecule has 2 saturated heterocycles. The first-order valence-corrected chi connectivity index (χ1v) is 17.0. The van der Waals surface area contributed by atoms with Crippen molar-refractivity contribution in [2.24, 2.45) is 4.99 Å². The van der Waals surface area contributed by atoms with Gasteiger partial charge in [-0.05, 0) is 55.7 Å². The summed E-state index contributed by atoms with van der Waals surface area (Å²) >= 11 is 4.50. The molecular weight excluding hydrogens is 745 g/mol. The zero-order valence-electron chi connectivity index (χ0n) is 27.4. The molecule has 1 N–H and O–H groups in total. The minimum absolute atomic E-state index is 0.0637. The first-order valence-electron chi connectivity index (χ1n) is 15.1. The summed E-state index contributed by atoms with van der Waals surface area (Å²) in [4.78, 5) is 68.3. The number of alkyl halides is 3. The Morgan fingerprint density at radius 3 is 1.85 bits per heavy atom. The number of benzene rings is 2. The predicted octanol–water partition coefficient (Wildman–Crippen LogP) is 4.19. The van der Waals surface area contributed by atoms with E-state index in [1.165, 1.54) is 53.4 Å². The highest BCUT2D eigenvalue weighted by Crippen LogP contribution is 2.26. The molecule has 2 aromatic rings. The summed E-state index contributed by atoms with van der Waals surface area (Å²) in [6.45, 7) is 4.69. The number of ether oxygens (including phenoxy) is 2. The smallest absolute Gasteiger partial charge is 0.445 e. The van der Waals surface area contributed by atoms with Crippen LogP contribution in [0.4, 0.5) is 34.1 Å². The number of aliphatic imine (C=N–C) groups is 1. The summed E-state index contributed by atoms with van der Waals surface area (Å²) < 4.78 is 68.1. The first kappa shape index (κ1) is 41.4. The average Bonchev–Trinajstić information content (AvgIpc) is 3.47. The number of nitro benzene ring substituents is 2. The van der Waals surface area contributed by atoms with Gasteiger partial charge in [-0.15, -0.1) is 0 Å². The quantitative estimate of drug-likeness (QED) is 0.0764. The second-order valence-corrected chi connectivity index (χ2v) is 13.6. The summed E-state index contributed by atoms with van der Waals surface area (Å²) in [7, 11) is -5.84. The number of carbonyl (C=O) groups is 3. The van der Waals surface area contributed by atoms with Crippen LogP contribution in [0.15, 0.2) is 53.5 Å². The number of hydrogen-bond donors (Lipinski definition) is 2. The Labute approximate surface area is 299 Å². The van der Waals surface area contributed by atoms with Gasteiger partial charge in [0.05, 0.1) is 9.85 Å². The van der Waals surface area contributed by atoms with E-state index in [9.17, 15) is 47.8 Å². The predicted molar refractivity (Wildman–Crippen MR) is 178 cm³/mol. The molecule has 284 valence electrons. The van der Waals surface area contributed by atoms with Crippen LogP contribution in [-0.4, -0.2) is 110 Å². The Bertz CT molecular complexity index is 1780. The van der Waals surface area contributed by atoms with Crippen molar-refractivity contribution < 1.29 is 59.8 Å². The normalized spacial score (nSPS) is 19.3. The summed E-state index contributed by atoms with van der Waals surface area (Å²) in [5.74, 6) is 0.198. The molecule has 0 aromatic heterocycles. The van der Waals surface area contributed by atoms with Gasteiger partial charge in [0.1, 0.15) is 25.1 Å². The van der Waals surface area contributed by atoms with E-state index < -0.39 is 43.7 Å². The third-order valence-electron chi connectivity index (χ3n) is 7.72. The van der Waals surface area contributed by atoms with Gasteiger partial charge in [-0.1, -0.05) is 0 Å². The highest BCUT2D eigenvalue weighted by molar-refractivity contribution is 7.86. The third-order valence-corrected chi connectivity index (χ3v) is 8.68. The number of rotatable bonds is 7.